The molecule has 0 radical (unpaired) electrons. The fourth-order valence-electron chi connectivity index (χ4n) is 3.33. The van der Waals surface area contributed by atoms with Gasteiger partial charge >= 0.3 is 0 Å². The van der Waals surface area contributed by atoms with Crippen LogP contribution in [-0.2, 0) is 15.3 Å². The first-order valence-electron chi connectivity index (χ1n) is 9.77. The molecule has 2 aromatic rings. The van der Waals surface area contributed by atoms with Crippen molar-refractivity contribution in [3.8, 4) is 0 Å². The van der Waals surface area contributed by atoms with Crippen LogP contribution in [0.4, 0.5) is 5.82 Å². The Morgan fingerprint density at radius 1 is 1.10 bits per heavy atom. The van der Waals surface area contributed by atoms with Gasteiger partial charge in [-0.3, -0.25) is 9.78 Å². The molecule has 1 aliphatic carbocycles. The number of hydrogen-bond acceptors (Lipinski definition) is 6. The average Bonchev–Trinajstić information content (AvgIpc) is 2.67. The minimum Gasteiger partial charge on any atom is -0.384 e. The molecule has 0 spiro atoms. The monoisotopic (exact) mass is 413 g/mol. The van der Waals surface area contributed by atoms with Gasteiger partial charge < -0.3 is 5.73 Å². The molecule has 0 fully saturated rings. The Morgan fingerprint density at radius 2 is 1.86 bits per heavy atom. The molecule has 0 atom stereocenters. The number of nitrogen functional groups attached to an aromatic ring is 1. The zero-order chi connectivity index (χ0) is 21.2. The topological polar surface area (TPSA) is 103 Å². The largest absolute Gasteiger partial charge is 0.384 e. The van der Waals surface area contributed by atoms with Crippen LogP contribution in [0.3, 0.4) is 0 Å². The molecule has 29 heavy (non-hydrogen) atoms. The number of hydrogen-bond donors (Lipinski definition) is 1. The second-order valence-electron chi connectivity index (χ2n) is 8.40. The van der Waals surface area contributed by atoms with Gasteiger partial charge in [-0.1, -0.05) is 32.9 Å². The van der Waals surface area contributed by atoms with Crippen molar-refractivity contribution in [3.63, 3.8) is 0 Å². The van der Waals surface area contributed by atoms with E-state index in [-0.39, 0.29) is 16.3 Å². The lowest BCUT2D eigenvalue weighted by molar-refractivity contribution is 0.102. The summed E-state index contributed by atoms with van der Waals surface area (Å²) in [6.07, 6.45) is 6.04. The van der Waals surface area contributed by atoms with Crippen LogP contribution in [0, 0.1) is 0 Å². The van der Waals surface area contributed by atoms with Crippen molar-refractivity contribution in [1.82, 2.24) is 9.97 Å². The number of carbonyl (C=O) groups excluding carboxylic acids is 1. The van der Waals surface area contributed by atoms with Crippen LogP contribution in [0.2, 0.25) is 0 Å². The predicted octanol–water partition coefficient (Wildman–Crippen LogP) is 3.97. The van der Waals surface area contributed by atoms with Crippen molar-refractivity contribution >= 4 is 27.0 Å². The first kappa shape index (κ1) is 21.2. The number of Topliss-reactive ketones (excluding diaryl/α,β-unsaturated/α-hetero) is 1. The smallest absolute Gasteiger partial charge is 0.203 e. The Hall–Kier alpha value is -2.54. The maximum Gasteiger partial charge on any atom is 0.203 e. The van der Waals surface area contributed by atoms with E-state index in [2.05, 4.69) is 31.8 Å². The molecule has 0 amide bonds. The Kier molecular flexibility index (Phi) is 5.89. The third-order valence-electron chi connectivity index (χ3n) is 4.94. The molecule has 0 aliphatic heterocycles. The van der Waals surface area contributed by atoms with E-state index in [0.717, 1.165) is 37.0 Å². The number of rotatable bonds is 5. The van der Waals surface area contributed by atoms with Gasteiger partial charge in [0.15, 0.2) is 10.8 Å². The summed E-state index contributed by atoms with van der Waals surface area (Å²) < 4.78 is 25.4. The van der Waals surface area contributed by atoms with Crippen molar-refractivity contribution in [2.75, 3.05) is 11.5 Å². The second-order valence-corrected chi connectivity index (χ2v) is 10.3. The Labute approximate surface area is 172 Å². The number of ketones is 1. The van der Waals surface area contributed by atoms with Crippen molar-refractivity contribution in [3.05, 3.63) is 53.4 Å². The summed E-state index contributed by atoms with van der Waals surface area (Å²) in [5, 5.41) is -0.191. The zero-order valence-corrected chi connectivity index (χ0v) is 17.9. The van der Waals surface area contributed by atoms with Gasteiger partial charge in [-0.15, -0.1) is 0 Å². The molecule has 0 aromatic carbocycles. The lowest BCUT2D eigenvalue weighted by Gasteiger charge is -2.22. The van der Waals surface area contributed by atoms with Crippen molar-refractivity contribution in [2.24, 2.45) is 0 Å². The fourth-order valence-corrected chi connectivity index (χ4v) is 4.51. The number of sulfone groups is 1. The molecule has 154 valence electrons. The second kappa shape index (κ2) is 8.06. The van der Waals surface area contributed by atoms with Gasteiger partial charge in [-0.05, 0) is 55.5 Å². The normalized spacial score (nSPS) is 15.1. The standard InChI is InChI=1S/C22H27N3O3S/c1-22(2,3)18-13-12-16(21(24-18)15-8-5-4-6-9-15)17(26)14-29(27,28)20-11-7-10-19(23)25-20/h7-8,10-13H,4-6,9,14H2,1-3H3,(H2,23,25). The third kappa shape index (κ3) is 4.90. The molecule has 2 aromatic heterocycles. The van der Waals surface area contributed by atoms with Gasteiger partial charge in [-0.25, -0.2) is 13.4 Å². The number of nitrogens with zero attached hydrogens (tertiary/aromatic N) is 2. The molecule has 2 N–H and O–H groups in total. The summed E-state index contributed by atoms with van der Waals surface area (Å²) in [6, 6.07) is 7.89. The zero-order valence-electron chi connectivity index (χ0n) is 17.1. The molecule has 3 rings (SSSR count). The SMILES string of the molecule is CC(C)(C)c1ccc(C(=O)CS(=O)(=O)c2cccc(N)n2)c(C2=CCCCC2)n1. The molecule has 0 bridgehead atoms. The summed E-state index contributed by atoms with van der Waals surface area (Å²) in [5.41, 5.74) is 8.27. The van der Waals surface area contributed by atoms with E-state index in [4.69, 9.17) is 10.7 Å². The minimum absolute atomic E-state index is 0.0998. The predicted molar refractivity (Wildman–Crippen MR) is 114 cm³/mol. The van der Waals surface area contributed by atoms with Crippen molar-refractivity contribution < 1.29 is 13.2 Å². The highest BCUT2D eigenvalue weighted by atomic mass is 32.2. The molecule has 2 heterocycles. The number of carbonyl (C=O) groups is 1. The van der Waals surface area contributed by atoms with Gasteiger partial charge in [0, 0.05) is 16.7 Å². The van der Waals surface area contributed by atoms with Crippen LogP contribution in [0.15, 0.2) is 41.4 Å². The van der Waals surface area contributed by atoms with E-state index in [1.165, 1.54) is 18.2 Å². The molecular weight excluding hydrogens is 386 g/mol. The highest BCUT2D eigenvalue weighted by Gasteiger charge is 2.27. The third-order valence-corrected chi connectivity index (χ3v) is 6.45. The van der Waals surface area contributed by atoms with Crippen LogP contribution in [0.1, 0.15) is 68.2 Å². The summed E-state index contributed by atoms with van der Waals surface area (Å²) in [7, 11) is -3.90. The average molecular weight is 414 g/mol. The van der Waals surface area contributed by atoms with Gasteiger partial charge in [-0.2, -0.15) is 0 Å². The maximum absolute atomic E-state index is 13.0. The Bertz CT molecular complexity index is 1070. The molecule has 7 heteroatoms. The number of aromatic nitrogens is 2. The van der Waals surface area contributed by atoms with E-state index < -0.39 is 21.4 Å². The minimum atomic E-state index is -3.90. The van der Waals surface area contributed by atoms with Gasteiger partial charge in [0.05, 0.1) is 5.69 Å². The molecule has 0 unspecified atom stereocenters. The number of nitrogens with two attached hydrogens (primary N) is 1. The van der Waals surface area contributed by atoms with Gasteiger partial charge in [0.1, 0.15) is 11.6 Å². The van der Waals surface area contributed by atoms with E-state index in [9.17, 15) is 13.2 Å². The van der Waals surface area contributed by atoms with Crippen LogP contribution in [0.5, 0.6) is 0 Å². The number of pyridine rings is 2. The fraction of sp³-hybridized carbons (Fsp3) is 0.409. The van der Waals surface area contributed by atoms with E-state index >= 15 is 0 Å². The van der Waals surface area contributed by atoms with E-state index in [1.807, 2.05) is 6.07 Å². The summed E-state index contributed by atoms with van der Waals surface area (Å²) >= 11 is 0. The van der Waals surface area contributed by atoms with Crippen molar-refractivity contribution in [2.45, 2.75) is 56.9 Å². The number of allylic oxidation sites excluding steroid dienone is 2. The molecular formula is C22H27N3O3S. The molecule has 0 saturated heterocycles. The highest BCUT2D eigenvalue weighted by Crippen LogP contribution is 2.31. The summed E-state index contributed by atoms with van der Waals surface area (Å²) in [5.74, 6) is -1.05. The Morgan fingerprint density at radius 3 is 2.48 bits per heavy atom. The van der Waals surface area contributed by atoms with E-state index in [1.54, 1.807) is 6.07 Å². The first-order valence-corrected chi connectivity index (χ1v) is 11.4. The highest BCUT2D eigenvalue weighted by molar-refractivity contribution is 7.92. The molecule has 6 nitrogen and oxygen atoms in total. The summed E-state index contributed by atoms with van der Waals surface area (Å²) in [4.78, 5) is 21.7. The van der Waals surface area contributed by atoms with Gasteiger partial charge in [0.25, 0.3) is 0 Å². The van der Waals surface area contributed by atoms with Crippen molar-refractivity contribution in [1.29, 1.82) is 0 Å². The quantitative estimate of drug-likeness (QED) is 0.744. The molecule has 1 aliphatic rings. The summed E-state index contributed by atoms with van der Waals surface area (Å²) in [6.45, 7) is 6.18. The lowest BCUT2D eigenvalue weighted by Crippen LogP contribution is -2.21. The van der Waals surface area contributed by atoms with Crippen LogP contribution in [0.25, 0.3) is 5.57 Å². The molecule has 0 saturated carbocycles. The Balaban J connectivity index is 2.00. The lowest BCUT2D eigenvalue weighted by atomic mass is 9.88. The van der Waals surface area contributed by atoms with Crippen LogP contribution >= 0.6 is 0 Å². The first-order chi connectivity index (χ1) is 13.6. The van der Waals surface area contributed by atoms with E-state index in [0.29, 0.717) is 11.3 Å². The maximum atomic E-state index is 13.0. The number of anilines is 1. The van der Waals surface area contributed by atoms with Crippen LogP contribution in [-0.4, -0.2) is 29.9 Å². The van der Waals surface area contributed by atoms with Gasteiger partial charge in [0.2, 0.25) is 9.84 Å². The van der Waals surface area contributed by atoms with Crippen LogP contribution < -0.4 is 5.73 Å².